The maximum absolute atomic E-state index is 12.7. The van der Waals surface area contributed by atoms with Gasteiger partial charge in [-0.3, -0.25) is 5.32 Å². The number of aromatic nitrogens is 2. The third kappa shape index (κ3) is 4.10. The third-order valence-corrected chi connectivity index (χ3v) is 5.38. The number of nitrogens with zero attached hydrogens (tertiary/aromatic N) is 2. The van der Waals surface area contributed by atoms with Crippen molar-refractivity contribution in [1.29, 1.82) is 0 Å². The number of halogens is 3. The number of amides is 2. The molecule has 0 spiro atoms. The zero-order valence-corrected chi connectivity index (χ0v) is 15.9. The first-order valence-corrected chi connectivity index (χ1v) is 9.41. The molecule has 29 heavy (non-hydrogen) atoms. The van der Waals surface area contributed by atoms with E-state index in [1.165, 1.54) is 23.5 Å². The van der Waals surface area contributed by atoms with Crippen LogP contribution in [0.25, 0.3) is 11.5 Å². The zero-order valence-electron chi connectivity index (χ0n) is 15.1. The molecular formula is C18H15F3N4O3S. The molecule has 4 rings (SSSR count). The first-order chi connectivity index (χ1) is 13.8. The molecule has 0 fully saturated rings. The molecule has 3 aromatic rings. The van der Waals surface area contributed by atoms with Gasteiger partial charge < -0.3 is 14.6 Å². The molecule has 0 bridgehead atoms. The Hall–Kier alpha value is -2.92. The number of nitrogens with one attached hydrogen (secondary N) is 2. The molecule has 7 nitrogen and oxygen atoms in total. The van der Waals surface area contributed by atoms with E-state index in [0.29, 0.717) is 41.9 Å². The van der Waals surface area contributed by atoms with Crippen LogP contribution in [0, 0.1) is 6.92 Å². The number of carbonyl (C=O) groups is 1. The lowest BCUT2D eigenvalue weighted by Crippen LogP contribution is -2.19. The molecule has 2 aromatic heterocycles. The zero-order chi connectivity index (χ0) is 20.6. The van der Waals surface area contributed by atoms with Crippen molar-refractivity contribution in [3.05, 3.63) is 46.1 Å². The van der Waals surface area contributed by atoms with Crippen LogP contribution < -0.4 is 10.6 Å². The lowest BCUT2D eigenvalue weighted by Gasteiger charge is -2.12. The summed E-state index contributed by atoms with van der Waals surface area (Å²) in [5, 5.41) is 9.57. The summed E-state index contributed by atoms with van der Waals surface area (Å²) in [4.78, 5) is 17.6. The highest BCUT2D eigenvalue weighted by Crippen LogP contribution is 2.42. The molecule has 0 radical (unpaired) electrons. The van der Waals surface area contributed by atoms with Gasteiger partial charge in [0.2, 0.25) is 0 Å². The van der Waals surface area contributed by atoms with Crippen LogP contribution >= 0.6 is 11.3 Å². The van der Waals surface area contributed by atoms with Gasteiger partial charge in [0, 0.05) is 10.6 Å². The number of thiophene rings is 1. The molecule has 0 atom stereocenters. The predicted molar refractivity (Wildman–Crippen MR) is 99.8 cm³/mol. The summed E-state index contributed by atoms with van der Waals surface area (Å²) >= 11 is 1.34. The molecule has 0 saturated heterocycles. The van der Waals surface area contributed by atoms with Gasteiger partial charge in [0.15, 0.2) is 5.82 Å². The normalized spacial score (nSPS) is 13.8. The van der Waals surface area contributed by atoms with Gasteiger partial charge in [-0.1, -0.05) is 5.16 Å². The number of carbonyl (C=O) groups excluding carboxylic acids is 1. The highest BCUT2D eigenvalue weighted by atomic mass is 32.1. The Balaban J connectivity index is 1.56. The van der Waals surface area contributed by atoms with Crippen molar-refractivity contribution in [2.24, 2.45) is 0 Å². The molecule has 2 N–H and O–H groups in total. The molecule has 152 valence electrons. The quantitative estimate of drug-likeness (QED) is 0.628. The van der Waals surface area contributed by atoms with Crippen LogP contribution in [0.1, 0.15) is 21.8 Å². The van der Waals surface area contributed by atoms with Crippen LogP contribution in [0.2, 0.25) is 0 Å². The molecule has 1 aliphatic heterocycles. The van der Waals surface area contributed by atoms with Gasteiger partial charge in [-0.25, -0.2) is 4.79 Å². The van der Waals surface area contributed by atoms with Gasteiger partial charge in [-0.2, -0.15) is 18.2 Å². The number of aryl methyl sites for hydroxylation is 1. The number of benzene rings is 1. The molecule has 0 saturated carbocycles. The molecule has 0 aliphatic carbocycles. The van der Waals surface area contributed by atoms with Gasteiger partial charge in [0.05, 0.1) is 24.3 Å². The minimum Gasteiger partial charge on any atom is -0.376 e. The summed E-state index contributed by atoms with van der Waals surface area (Å²) in [6, 6.07) is 3.60. The van der Waals surface area contributed by atoms with E-state index < -0.39 is 17.8 Å². The molecule has 2 amide bonds. The Bertz CT molecular complexity index is 1040. The Morgan fingerprint density at radius 1 is 1.21 bits per heavy atom. The maximum Gasteiger partial charge on any atom is 0.416 e. The van der Waals surface area contributed by atoms with Crippen molar-refractivity contribution >= 4 is 28.1 Å². The van der Waals surface area contributed by atoms with Crippen LogP contribution in [0.15, 0.2) is 28.8 Å². The largest absolute Gasteiger partial charge is 0.416 e. The van der Waals surface area contributed by atoms with Crippen LogP contribution in [0.3, 0.4) is 0 Å². The average Bonchev–Trinajstić information content (AvgIpc) is 3.24. The second-order valence-electron chi connectivity index (χ2n) is 6.31. The summed E-state index contributed by atoms with van der Waals surface area (Å²) < 4.78 is 48.7. The highest BCUT2D eigenvalue weighted by Gasteiger charge is 2.30. The molecule has 0 unspecified atom stereocenters. The second-order valence-corrected chi connectivity index (χ2v) is 7.42. The standard InChI is InChI=1S/C18H15F3N4O3S/c1-9-22-15(28-25-9)14-12-6-7-27-8-13(12)29-16(14)24-17(26)23-11-4-2-10(3-5-11)18(19,20)21/h2-5H,6-8H2,1H3,(H2,23,24,26). The third-order valence-electron chi connectivity index (χ3n) is 4.26. The smallest absolute Gasteiger partial charge is 0.376 e. The lowest BCUT2D eigenvalue weighted by molar-refractivity contribution is -0.137. The first-order valence-electron chi connectivity index (χ1n) is 8.59. The van der Waals surface area contributed by atoms with Crippen molar-refractivity contribution in [3.63, 3.8) is 0 Å². The van der Waals surface area contributed by atoms with Gasteiger partial charge in [0.1, 0.15) is 5.00 Å². The number of hydrogen-bond donors (Lipinski definition) is 2. The SMILES string of the molecule is Cc1noc(-c2c(NC(=O)Nc3ccc(C(F)(F)F)cc3)sc3c2CCOC3)n1. The predicted octanol–water partition coefficient (Wildman–Crippen LogP) is 4.84. The van der Waals surface area contributed by atoms with Gasteiger partial charge >= 0.3 is 12.2 Å². The molecule has 1 aromatic carbocycles. The van der Waals surface area contributed by atoms with Crippen molar-refractivity contribution in [3.8, 4) is 11.5 Å². The summed E-state index contributed by atoms with van der Waals surface area (Å²) in [7, 11) is 0. The van der Waals surface area contributed by atoms with E-state index in [-0.39, 0.29) is 5.69 Å². The van der Waals surface area contributed by atoms with E-state index in [0.717, 1.165) is 22.6 Å². The number of ether oxygens (including phenoxy) is 1. The lowest BCUT2D eigenvalue weighted by atomic mass is 10.1. The van der Waals surface area contributed by atoms with Gasteiger partial charge in [-0.15, -0.1) is 11.3 Å². The number of fused-ring (bicyclic) bond motifs is 1. The highest BCUT2D eigenvalue weighted by molar-refractivity contribution is 7.17. The van der Waals surface area contributed by atoms with Gasteiger partial charge in [-0.05, 0) is 43.2 Å². The molecule has 11 heteroatoms. The molecule has 1 aliphatic rings. The number of hydrogen-bond acceptors (Lipinski definition) is 6. The average molecular weight is 424 g/mol. The summed E-state index contributed by atoms with van der Waals surface area (Å²) in [6.07, 6.45) is -3.79. The van der Waals surface area contributed by atoms with Crippen LogP contribution in [0.5, 0.6) is 0 Å². The van der Waals surface area contributed by atoms with Crippen LogP contribution in [-0.4, -0.2) is 22.8 Å². The van der Waals surface area contributed by atoms with Crippen LogP contribution in [0.4, 0.5) is 28.7 Å². The topological polar surface area (TPSA) is 89.3 Å². The monoisotopic (exact) mass is 424 g/mol. The fraction of sp³-hybridized carbons (Fsp3) is 0.278. The first kappa shape index (κ1) is 19.4. The second kappa shape index (κ2) is 7.48. The maximum atomic E-state index is 12.7. The Morgan fingerprint density at radius 3 is 2.62 bits per heavy atom. The summed E-state index contributed by atoms with van der Waals surface area (Å²) in [5.41, 5.74) is 1.07. The minimum absolute atomic E-state index is 0.232. The summed E-state index contributed by atoms with van der Waals surface area (Å²) in [5.74, 6) is 0.763. The number of rotatable bonds is 3. The number of alkyl halides is 3. The fourth-order valence-electron chi connectivity index (χ4n) is 2.95. The minimum atomic E-state index is -4.43. The molecule has 3 heterocycles. The fourth-order valence-corrected chi connectivity index (χ4v) is 4.13. The Labute approximate surface area is 166 Å². The Kier molecular flexibility index (Phi) is 5.01. The number of urea groups is 1. The van der Waals surface area contributed by atoms with Gasteiger partial charge in [0.25, 0.3) is 5.89 Å². The van der Waals surface area contributed by atoms with Crippen LogP contribution in [-0.2, 0) is 23.9 Å². The van der Waals surface area contributed by atoms with E-state index >= 15 is 0 Å². The number of anilines is 2. The van der Waals surface area contributed by atoms with Crippen molar-refractivity contribution < 1.29 is 27.2 Å². The van der Waals surface area contributed by atoms with E-state index in [1.807, 2.05) is 0 Å². The van der Waals surface area contributed by atoms with E-state index in [2.05, 4.69) is 20.8 Å². The van der Waals surface area contributed by atoms with E-state index in [1.54, 1.807) is 6.92 Å². The van der Waals surface area contributed by atoms with Crippen molar-refractivity contribution in [1.82, 2.24) is 10.1 Å². The van der Waals surface area contributed by atoms with Crippen molar-refractivity contribution in [2.45, 2.75) is 26.1 Å². The van der Waals surface area contributed by atoms with E-state index in [9.17, 15) is 18.0 Å². The van der Waals surface area contributed by atoms with E-state index in [4.69, 9.17) is 9.26 Å². The summed E-state index contributed by atoms with van der Waals surface area (Å²) in [6.45, 7) is 2.66. The Morgan fingerprint density at radius 2 is 1.97 bits per heavy atom. The molecular weight excluding hydrogens is 409 g/mol. The van der Waals surface area contributed by atoms with Crippen molar-refractivity contribution in [2.75, 3.05) is 17.2 Å².